The molecule has 0 bridgehead atoms. The van der Waals surface area contributed by atoms with Gasteiger partial charge in [0.15, 0.2) is 0 Å². The van der Waals surface area contributed by atoms with E-state index in [1.807, 2.05) is 0 Å². The number of carboxylic acids is 2. The molecule has 39 heavy (non-hydrogen) atoms. The van der Waals surface area contributed by atoms with Crippen molar-refractivity contribution in [2.45, 2.75) is 91.8 Å². The van der Waals surface area contributed by atoms with E-state index in [2.05, 4.69) is 55.0 Å². The fraction of sp³-hybridized carbons (Fsp3) is 0.593. The van der Waals surface area contributed by atoms with E-state index in [0.29, 0.717) is 19.3 Å². The van der Waals surface area contributed by atoms with Gasteiger partial charge in [-0.05, 0) is 27.2 Å². The second-order valence-electron chi connectivity index (χ2n) is 11.5. The quantitative estimate of drug-likeness (QED) is 0.109. The first-order chi connectivity index (χ1) is 18.0. The van der Waals surface area contributed by atoms with Gasteiger partial charge in [0.05, 0.1) is 0 Å². The number of nitrogens with one attached hydrogen (secondary N) is 3. The van der Waals surface area contributed by atoms with Crippen molar-refractivity contribution in [3.8, 4) is 0 Å². The maximum absolute atomic E-state index is 12.7. The van der Waals surface area contributed by atoms with Gasteiger partial charge in [0.2, 0.25) is 0 Å². The molecule has 0 aliphatic heterocycles. The molecule has 0 spiro atoms. The van der Waals surface area contributed by atoms with Crippen molar-refractivity contribution in [2.75, 3.05) is 6.54 Å². The molecule has 12 heteroatoms. The molecule has 0 saturated heterocycles. The maximum Gasteiger partial charge on any atom is 0.326 e. The number of hydrogen-bond donors (Lipinski definition) is 5. The van der Waals surface area contributed by atoms with Crippen LogP contribution in [0.1, 0.15) is 58.4 Å². The van der Waals surface area contributed by atoms with Gasteiger partial charge in [0.25, 0.3) is 0 Å². The van der Waals surface area contributed by atoms with Crippen LogP contribution in [0, 0.1) is 0 Å². The molecule has 0 radical (unpaired) electrons. The first-order valence-electron chi connectivity index (χ1n) is 13.1. The third-order valence-corrected chi connectivity index (χ3v) is 11.6. The SMILES string of the molecule is CC(C)(C)OC(=O)[C@H](CCCNC(=O)CCc1cc[c]([Sn]([CH3])([CH3])[CH3])cc1)NC(=O)N[C@@H](CCC(=O)O)C(=O)O. The summed E-state index contributed by atoms with van der Waals surface area (Å²) in [6, 6.07) is 5.00. The average molecular weight is 656 g/mol. The number of rotatable bonds is 15. The molecule has 3 amide bonds. The van der Waals surface area contributed by atoms with Crippen LogP contribution in [0.5, 0.6) is 0 Å². The van der Waals surface area contributed by atoms with E-state index in [1.165, 1.54) is 3.58 Å². The number of carboxylic acid groups (broad SMARTS) is 2. The molecule has 0 aliphatic carbocycles. The van der Waals surface area contributed by atoms with Crippen LogP contribution < -0.4 is 19.5 Å². The van der Waals surface area contributed by atoms with Crippen molar-refractivity contribution < 1.29 is 38.9 Å². The second-order valence-corrected chi connectivity index (χ2v) is 26.0. The Morgan fingerprint density at radius 3 is 2.00 bits per heavy atom. The van der Waals surface area contributed by atoms with E-state index in [-0.39, 0.29) is 25.3 Å². The van der Waals surface area contributed by atoms with Crippen LogP contribution in [-0.4, -0.2) is 82.7 Å². The van der Waals surface area contributed by atoms with Crippen molar-refractivity contribution in [1.82, 2.24) is 16.0 Å². The number of aryl methyl sites for hydroxylation is 1. The van der Waals surface area contributed by atoms with Crippen molar-refractivity contribution in [1.29, 1.82) is 0 Å². The number of esters is 1. The van der Waals surface area contributed by atoms with E-state index >= 15 is 0 Å². The fourth-order valence-electron chi connectivity index (χ4n) is 3.56. The van der Waals surface area contributed by atoms with Crippen LogP contribution in [-0.2, 0) is 30.3 Å². The van der Waals surface area contributed by atoms with Crippen LogP contribution >= 0.6 is 0 Å². The maximum atomic E-state index is 12.7. The van der Waals surface area contributed by atoms with Gasteiger partial charge in [-0.1, -0.05) is 0 Å². The summed E-state index contributed by atoms with van der Waals surface area (Å²) < 4.78 is 6.80. The van der Waals surface area contributed by atoms with Crippen molar-refractivity contribution >= 4 is 51.8 Å². The molecule has 2 atom stereocenters. The minimum Gasteiger partial charge on any atom is -0.481 e. The van der Waals surface area contributed by atoms with E-state index < -0.39 is 66.4 Å². The van der Waals surface area contributed by atoms with E-state index in [9.17, 15) is 29.1 Å². The van der Waals surface area contributed by atoms with Gasteiger partial charge in [0.1, 0.15) is 11.6 Å². The second kappa shape index (κ2) is 15.7. The van der Waals surface area contributed by atoms with Gasteiger partial charge < -0.3 is 25.6 Å². The van der Waals surface area contributed by atoms with Crippen molar-refractivity contribution in [3.05, 3.63) is 29.8 Å². The summed E-state index contributed by atoms with van der Waals surface area (Å²) in [6.45, 7) is 5.30. The number of carbonyl (C=O) groups is 5. The van der Waals surface area contributed by atoms with E-state index in [1.54, 1.807) is 20.8 Å². The summed E-state index contributed by atoms with van der Waals surface area (Å²) >= 11 is -2.11. The molecular weight excluding hydrogens is 613 g/mol. The standard InChI is InChI=1S/C24H34N3O8.3CH3.Sn/c1-24(2,3)35-22(33)18(27-23(34)26-17(21(31)32)12-14-20(29)30)10-7-15-25-19(28)13-11-16-8-5-4-6-9-16;;;;/h5-6,8-9,17-18H,7,10-15H2,1-3H3,(H,25,28)(H,29,30)(H,31,32)(H2,26,27,34);3*1H3;/t17-,18-;;;;/m0..../s1. The topological polar surface area (TPSA) is 171 Å². The Kier molecular flexibility index (Phi) is 13.8. The zero-order valence-corrected chi connectivity index (χ0v) is 26.6. The monoisotopic (exact) mass is 657 g/mol. The molecule has 0 fully saturated rings. The van der Waals surface area contributed by atoms with Gasteiger partial charge in [-0.15, -0.1) is 0 Å². The Morgan fingerprint density at radius 1 is 0.897 bits per heavy atom. The Bertz CT molecular complexity index is 1000. The molecule has 218 valence electrons. The van der Waals surface area contributed by atoms with Crippen molar-refractivity contribution in [2.24, 2.45) is 0 Å². The van der Waals surface area contributed by atoms with Crippen LogP contribution in [0.15, 0.2) is 24.3 Å². The molecule has 1 rings (SSSR count). The minimum atomic E-state index is -2.11. The summed E-state index contributed by atoms with van der Waals surface area (Å²) in [4.78, 5) is 66.5. The zero-order chi connectivity index (χ0) is 29.8. The number of hydrogen-bond acceptors (Lipinski definition) is 6. The van der Waals surface area contributed by atoms with Gasteiger partial charge in [0, 0.05) is 6.42 Å². The molecule has 0 unspecified atom stereocenters. The van der Waals surface area contributed by atoms with Gasteiger partial charge >= 0.3 is 145 Å². The van der Waals surface area contributed by atoms with Gasteiger partial charge in [-0.2, -0.15) is 0 Å². The normalized spacial score (nSPS) is 13.1. The Labute approximate surface area is 234 Å². The number of aliphatic carboxylic acids is 2. The van der Waals surface area contributed by atoms with Crippen LogP contribution in [0.2, 0.25) is 14.8 Å². The van der Waals surface area contributed by atoms with Crippen LogP contribution in [0.3, 0.4) is 0 Å². The average Bonchev–Trinajstić information content (AvgIpc) is 2.80. The third-order valence-electron chi connectivity index (χ3n) is 5.70. The van der Waals surface area contributed by atoms with E-state index in [0.717, 1.165) is 5.56 Å². The summed E-state index contributed by atoms with van der Waals surface area (Å²) in [7, 11) is 0. The Hall–Kier alpha value is -2.83. The Balaban J connectivity index is 2.62. The number of carbonyl (C=O) groups excluding carboxylic acids is 3. The summed E-state index contributed by atoms with van der Waals surface area (Å²) in [5.74, 6) is -3.42. The van der Waals surface area contributed by atoms with Crippen LogP contribution in [0.25, 0.3) is 0 Å². The minimum absolute atomic E-state index is 0.128. The molecule has 1 aromatic rings. The van der Waals surface area contributed by atoms with Crippen molar-refractivity contribution in [3.63, 3.8) is 0 Å². The number of amides is 3. The Morgan fingerprint density at radius 2 is 1.49 bits per heavy atom. The molecule has 1 aromatic carbocycles. The number of urea groups is 1. The molecule has 0 saturated carbocycles. The van der Waals surface area contributed by atoms with Gasteiger partial charge in [-0.3, -0.25) is 4.79 Å². The van der Waals surface area contributed by atoms with Gasteiger partial charge in [-0.25, -0.2) is 14.4 Å². The molecule has 5 N–H and O–H groups in total. The molecule has 11 nitrogen and oxygen atoms in total. The first-order valence-corrected chi connectivity index (χ1v) is 23.1. The third kappa shape index (κ3) is 14.8. The summed E-state index contributed by atoms with van der Waals surface area (Å²) in [5.41, 5.74) is 0.272. The molecule has 0 aliphatic rings. The number of ether oxygens (including phenoxy) is 1. The fourth-order valence-corrected chi connectivity index (χ4v) is 6.89. The first kappa shape index (κ1) is 34.2. The van der Waals surface area contributed by atoms with Crippen LogP contribution in [0.4, 0.5) is 4.79 Å². The molecular formula is C27H43N3O8Sn. The largest absolute Gasteiger partial charge is 0.481 e. The molecule has 0 aromatic heterocycles. The van der Waals surface area contributed by atoms with E-state index in [4.69, 9.17) is 9.84 Å². The molecule has 0 heterocycles. The summed E-state index contributed by atoms with van der Waals surface area (Å²) in [5, 5.41) is 25.5. The number of benzene rings is 1. The zero-order valence-electron chi connectivity index (χ0n) is 23.8. The summed E-state index contributed by atoms with van der Waals surface area (Å²) in [6.07, 6.45) is 0.656. The smallest absolute Gasteiger partial charge is 0.326 e. The predicted octanol–water partition coefficient (Wildman–Crippen LogP) is 2.39. The predicted molar refractivity (Wildman–Crippen MR) is 150 cm³/mol.